The van der Waals surface area contributed by atoms with Gasteiger partial charge in [-0.05, 0) is 31.5 Å². The Bertz CT molecular complexity index is 299. The summed E-state index contributed by atoms with van der Waals surface area (Å²) >= 11 is 0. The van der Waals surface area contributed by atoms with Gasteiger partial charge in [-0.3, -0.25) is 0 Å². The summed E-state index contributed by atoms with van der Waals surface area (Å²) in [6.45, 7) is 4.22. The largest absolute Gasteiger partial charge is 0.397 e. The molecule has 1 aromatic carbocycles. The number of halogens is 1. The number of rotatable bonds is 4. The van der Waals surface area contributed by atoms with Gasteiger partial charge in [0.2, 0.25) is 0 Å². The van der Waals surface area contributed by atoms with E-state index in [2.05, 4.69) is 19.2 Å². The van der Waals surface area contributed by atoms with Crippen LogP contribution >= 0.6 is 0 Å². The van der Waals surface area contributed by atoms with Crippen LogP contribution in [0.2, 0.25) is 0 Å². The molecule has 3 heteroatoms. The first kappa shape index (κ1) is 10.8. The summed E-state index contributed by atoms with van der Waals surface area (Å²) in [6, 6.07) is 4.79. The minimum absolute atomic E-state index is 0.295. The Labute approximate surface area is 84.3 Å². The number of nitrogens with two attached hydrogens (primary N) is 1. The Hall–Kier alpha value is -1.25. The third-order valence-electron chi connectivity index (χ3n) is 2.14. The van der Waals surface area contributed by atoms with E-state index in [1.54, 1.807) is 6.07 Å². The third kappa shape index (κ3) is 2.91. The first-order chi connectivity index (χ1) is 6.63. The zero-order chi connectivity index (χ0) is 10.6. The van der Waals surface area contributed by atoms with E-state index in [4.69, 9.17) is 5.73 Å². The Kier molecular flexibility index (Phi) is 3.74. The predicted octanol–water partition coefficient (Wildman–Crippen LogP) is 3.01. The highest BCUT2D eigenvalue weighted by atomic mass is 19.1. The number of nitrogen functional groups attached to an aromatic ring is 1. The molecule has 1 rings (SSSR count). The standard InChI is InChI=1S/C11H17FN2/c1-3-4-8(2)14-11-6-5-9(12)7-10(11)13/h5-8,14H,3-4,13H2,1-2H3. The fraction of sp³-hybridized carbons (Fsp3) is 0.455. The summed E-state index contributed by atoms with van der Waals surface area (Å²) in [5.41, 5.74) is 6.94. The molecule has 78 valence electrons. The molecule has 1 atom stereocenters. The molecule has 0 aromatic heterocycles. The number of hydrogen-bond donors (Lipinski definition) is 2. The van der Waals surface area contributed by atoms with Crippen molar-refractivity contribution < 1.29 is 4.39 Å². The second-order valence-electron chi connectivity index (χ2n) is 3.57. The van der Waals surface area contributed by atoms with Crippen molar-refractivity contribution in [2.24, 2.45) is 0 Å². The molecule has 0 radical (unpaired) electrons. The molecule has 14 heavy (non-hydrogen) atoms. The van der Waals surface area contributed by atoms with Gasteiger partial charge in [0.25, 0.3) is 0 Å². The van der Waals surface area contributed by atoms with Crippen LogP contribution in [0.15, 0.2) is 18.2 Å². The molecule has 0 aliphatic rings. The third-order valence-corrected chi connectivity index (χ3v) is 2.14. The summed E-state index contributed by atoms with van der Waals surface area (Å²) in [5.74, 6) is -0.295. The van der Waals surface area contributed by atoms with Crippen LogP contribution in [0, 0.1) is 5.82 Å². The van der Waals surface area contributed by atoms with E-state index in [9.17, 15) is 4.39 Å². The Balaban J connectivity index is 2.67. The molecule has 0 saturated heterocycles. The van der Waals surface area contributed by atoms with E-state index in [1.807, 2.05) is 0 Å². The first-order valence-electron chi connectivity index (χ1n) is 4.95. The summed E-state index contributed by atoms with van der Waals surface area (Å²) in [5, 5.41) is 3.25. The predicted molar refractivity (Wildman–Crippen MR) is 58.8 cm³/mol. The highest BCUT2D eigenvalue weighted by Gasteiger charge is 2.04. The first-order valence-corrected chi connectivity index (χ1v) is 4.95. The fourth-order valence-corrected chi connectivity index (χ4v) is 1.44. The van der Waals surface area contributed by atoms with Gasteiger partial charge in [-0.25, -0.2) is 4.39 Å². The van der Waals surface area contributed by atoms with Crippen LogP contribution in [-0.2, 0) is 0 Å². The van der Waals surface area contributed by atoms with Crippen LogP contribution in [0.5, 0.6) is 0 Å². The van der Waals surface area contributed by atoms with Crippen molar-refractivity contribution in [3.8, 4) is 0 Å². The molecule has 2 nitrogen and oxygen atoms in total. The minimum Gasteiger partial charge on any atom is -0.397 e. The van der Waals surface area contributed by atoms with Gasteiger partial charge in [0.15, 0.2) is 0 Å². The second kappa shape index (κ2) is 4.84. The van der Waals surface area contributed by atoms with Crippen molar-refractivity contribution in [3.05, 3.63) is 24.0 Å². The van der Waals surface area contributed by atoms with Crippen LogP contribution in [0.25, 0.3) is 0 Å². The van der Waals surface area contributed by atoms with Crippen LogP contribution in [-0.4, -0.2) is 6.04 Å². The molecule has 1 unspecified atom stereocenters. The van der Waals surface area contributed by atoms with E-state index >= 15 is 0 Å². The Morgan fingerprint density at radius 3 is 2.79 bits per heavy atom. The van der Waals surface area contributed by atoms with Gasteiger partial charge in [-0.1, -0.05) is 13.3 Å². The van der Waals surface area contributed by atoms with Crippen LogP contribution in [0.1, 0.15) is 26.7 Å². The van der Waals surface area contributed by atoms with Gasteiger partial charge in [-0.2, -0.15) is 0 Å². The lowest BCUT2D eigenvalue weighted by Crippen LogP contribution is -2.15. The lowest BCUT2D eigenvalue weighted by atomic mass is 10.1. The van der Waals surface area contributed by atoms with Gasteiger partial charge in [0, 0.05) is 6.04 Å². The maximum atomic E-state index is 12.7. The van der Waals surface area contributed by atoms with E-state index in [0.29, 0.717) is 11.7 Å². The number of nitrogens with one attached hydrogen (secondary N) is 1. The smallest absolute Gasteiger partial charge is 0.125 e. The van der Waals surface area contributed by atoms with Gasteiger partial charge in [0.1, 0.15) is 5.82 Å². The molecule has 0 amide bonds. The normalized spacial score (nSPS) is 12.5. The zero-order valence-electron chi connectivity index (χ0n) is 8.68. The lowest BCUT2D eigenvalue weighted by Gasteiger charge is -2.15. The molecule has 0 saturated carbocycles. The van der Waals surface area contributed by atoms with Gasteiger partial charge < -0.3 is 11.1 Å². The molecule has 0 bridgehead atoms. The quantitative estimate of drug-likeness (QED) is 0.726. The Morgan fingerprint density at radius 2 is 2.21 bits per heavy atom. The summed E-state index contributed by atoms with van der Waals surface area (Å²) in [4.78, 5) is 0. The topological polar surface area (TPSA) is 38.0 Å². The highest BCUT2D eigenvalue weighted by Crippen LogP contribution is 2.20. The average molecular weight is 196 g/mol. The van der Waals surface area contributed by atoms with Crippen molar-refractivity contribution in [1.29, 1.82) is 0 Å². The average Bonchev–Trinajstić information content (AvgIpc) is 2.10. The molecule has 0 heterocycles. The highest BCUT2D eigenvalue weighted by molar-refractivity contribution is 5.66. The molecule has 0 aliphatic heterocycles. The monoisotopic (exact) mass is 196 g/mol. The Morgan fingerprint density at radius 1 is 1.50 bits per heavy atom. The van der Waals surface area contributed by atoms with Crippen LogP contribution < -0.4 is 11.1 Å². The van der Waals surface area contributed by atoms with Crippen molar-refractivity contribution in [1.82, 2.24) is 0 Å². The summed E-state index contributed by atoms with van der Waals surface area (Å²) < 4.78 is 12.7. The van der Waals surface area contributed by atoms with E-state index in [0.717, 1.165) is 18.5 Å². The van der Waals surface area contributed by atoms with Crippen molar-refractivity contribution >= 4 is 11.4 Å². The number of anilines is 2. The number of hydrogen-bond acceptors (Lipinski definition) is 2. The SMILES string of the molecule is CCCC(C)Nc1ccc(F)cc1N. The summed E-state index contributed by atoms with van der Waals surface area (Å²) in [7, 11) is 0. The summed E-state index contributed by atoms with van der Waals surface area (Å²) in [6.07, 6.45) is 2.20. The minimum atomic E-state index is -0.295. The zero-order valence-corrected chi connectivity index (χ0v) is 8.68. The maximum Gasteiger partial charge on any atom is 0.125 e. The fourth-order valence-electron chi connectivity index (χ4n) is 1.44. The van der Waals surface area contributed by atoms with Gasteiger partial charge in [-0.15, -0.1) is 0 Å². The number of benzene rings is 1. The lowest BCUT2D eigenvalue weighted by molar-refractivity contribution is 0.628. The van der Waals surface area contributed by atoms with Crippen LogP contribution in [0.4, 0.5) is 15.8 Å². The van der Waals surface area contributed by atoms with Crippen LogP contribution in [0.3, 0.4) is 0 Å². The van der Waals surface area contributed by atoms with Crippen molar-refractivity contribution in [2.45, 2.75) is 32.7 Å². The molecule has 1 aromatic rings. The molecule has 0 aliphatic carbocycles. The molecule has 0 spiro atoms. The van der Waals surface area contributed by atoms with Crippen molar-refractivity contribution in [3.63, 3.8) is 0 Å². The molecule has 0 fully saturated rings. The molecular formula is C11H17FN2. The van der Waals surface area contributed by atoms with E-state index < -0.39 is 0 Å². The van der Waals surface area contributed by atoms with E-state index in [-0.39, 0.29) is 5.82 Å². The molecular weight excluding hydrogens is 179 g/mol. The van der Waals surface area contributed by atoms with Gasteiger partial charge >= 0.3 is 0 Å². The molecule has 3 N–H and O–H groups in total. The van der Waals surface area contributed by atoms with Crippen molar-refractivity contribution in [2.75, 3.05) is 11.1 Å². The second-order valence-corrected chi connectivity index (χ2v) is 3.57. The maximum absolute atomic E-state index is 12.7. The van der Waals surface area contributed by atoms with E-state index in [1.165, 1.54) is 12.1 Å². The van der Waals surface area contributed by atoms with Gasteiger partial charge in [0.05, 0.1) is 11.4 Å².